The van der Waals surface area contributed by atoms with E-state index in [9.17, 15) is 8.42 Å². The summed E-state index contributed by atoms with van der Waals surface area (Å²) in [6.07, 6.45) is 4.49. The van der Waals surface area contributed by atoms with E-state index in [1.807, 2.05) is 13.8 Å². The molecule has 1 aromatic carbocycles. The van der Waals surface area contributed by atoms with Crippen molar-refractivity contribution in [3.05, 3.63) is 35.4 Å². The minimum Gasteiger partial charge on any atom is -0.379 e. The van der Waals surface area contributed by atoms with Crippen LogP contribution in [-0.4, -0.2) is 32.4 Å². The van der Waals surface area contributed by atoms with Crippen LogP contribution in [0.15, 0.2) is 24.3 Å². The quantitative estimate of drug-likeness (QED) is 0.288. The van der Waals surface area contributed by atoms with Crippen LogP contribution < -0.4 is 4.72 Å². The van der Waals surface area contributed by atoms with E-state index < -0.39 is 10.0 Å². The molecule has 5 heteroatoms. The second kappa shape index (κ2) is 18.7. The third-order valence-electron chi connectivity index (χ3n) is 7.38. The van der Waals surface area contributed by atoms with Gasteiger partial charge in [0.1, 0.15) is 0 Å². The Balaban J connectivity index is 0. The number of hydrogen-bond donors (Lipinski definition) is 1. The molecule has 0 aliphatic heterocycles. The third kappa shape index (κ3) is 23.3. The molecule has 41 heavy (non-hydrogen) atoms. The Morgan fingerprint density at radius 2 is 1.20 bits per heavy atom. The average Bonchev–Trinajstić information content (AvgIpc) is 3.61. The van der Waals surface area contributed by atoms with Crippen molar-refractivity contribution in [3.8, 4) is 0 Å². The maximum Gasteiger partial charge on any atom is 0.214 e. The highest BCUT2D eigenvalue weighted by atomic mass is 32.2. The Hall–Kier alpha value is -0.910. The highest BCUT2D eigenvalue weighted by molar-refractivity contribution is 7.90. The fourth-order valence-electron chi connectivity index (χ4n) is 3.00. The van der Waals surface area contributed by atoms with Gasteiger partial charge in [0.2, 0.25) is 10.0 Å². The van der Waals surface area contributed by atoms with Gasteiger partial charge < -0.3 is 4.74 Å². The first-order valence-corrected chi connectivity index (χ1v) is 17.6. The van der Waals surface area contributed by atoms with Crippen molar-refractivity contribution in [2.45, 2.75) is 173 Å². The van der Waals surface area contributed by atoms with Crippen molar-refractivity contribution in [2.24, 2.45) is 16.2 Å². The van der Waals surface area contributed by atoms with E-state index in [0.717, 1.165) is 19.4 Å². The molecular weight excluding hydrogens is 526 g/mol. The molecule has 0 spiro atoms. The molecule has 0 saturated heterocycles. The number of hydrogen-bond acceptors (Lipinski definition) is 3. The second-order valence-corrected chi connectivity index (χ2v) is 18.1. The lowest BCUT2D eigenvalue weighted by Crippen LogP contribution is -2.32. The van der Waals surface area contributed by atoms with Gasteiger partial charge in [-0.25, -0.2) is 13.1 Å². The summed E-state index contributed by atoms with van der Waals surface area (Å²) in [6.45, 7) is 38.1. The number of rotatable bonds is 9. The van der Waals surface area contributed by atoms with Crippen molar-refractivity contribution in [3.63, 3.8) is 0 Å². The molecule has 1 aromatic rings. The molecule has 0 radical (unpaired) electrons. The average molecular weight is 598 g/mol. The van der Waals surface area contributed by atoms with Gasteiger partial charge in [-0.3, -0.25) is 0 Å². The summed E-state index contributed by atoms with van der Waals surface area (Å²) in [7, 11) is -2.94. The largest absolute Gasteiger partial charge is 0.379 e. The van der Waals surface area contributed by atoms with Crippen LogP contribution in [0.1, 0.15) is 166 Å². The van der Waals surface area contributed by atoms with Crippen LogP contribution in [0.4, 0.5) is 0 Å². The van der Waals surface area contributed by atoms with Gasteiger partial charge in [-0.1, -0.05) is 114 Å². The molecule has 1 fully saturated rings. The van der Waals surface area contributed by atoms with Crippen LogP contribution in [0.3, 0.4) is 0 Å². The predicted octanol–water partition coefficient (Wildman–Crippen LogP) is 10.7. The first-order chi connectivity index (χ1) is 18.3. The lowest BCUT2D eigenvalue weighted by molar-refractivity contribution is 0.0710. The number of nitrogens with one attached hydrogen (secondary N) is 1. The normalized spacial score (nSPS) is 14.3. The van der Waals surface area contributed by atoms with Crippen molar-refractivity contribution >= 4 is 10.0 Å². The fraction of sp³-hybridized carbons (Fsp3) is 0.833. The lowest BCUT2D eigenvalue weighted by atomic mass is 9.71. The minimum atomic E-state index is -2.94. The summed E-state index contributed by atoms with van der Waals surface area (Å²) >= 11 is 0. The summed E-state index contributed by atoms with van der Waals surface area (Å²) < 4.78 is 30.2. The van der Waals surface area contributed by atoms with Gasteiger partial charge in [0.25, 0.3) is 0 Å². The molecule has 1 aliphatic carbocycles. The Bertz CT molecular complexity index is 872. The zero-order chi connectivity index (χ0) is 32.8. The van der Waals surface area contributed by atoms with Gasteiger partial charge in [0, 0.05) is 12.6 Å². The van der Waals surface area contributed by atoms with Crippen LogP contribution in [-0.2, 0) is 14.8 Å². The summed E-state index contributed by atoms with van der Waals surface area (Å²) in [4.78, 5) is 0. The van der Waals surface area contributed by atoms with Gasteiger partial charge >= 0.3 is 0 Å². The third-order valence-corrected chi connectivity index (χ3v) is 9.53. The lowest BCUT2D eigenvalue weighted by Gasteiger charge is -2.34. The first-order valence-electron chi connectivity index (χ1n) is 16.0. The highest BCUT2D eigenvalue weighted by Crippen LogP contribution is 2.36. The molecule has 244 valence electrons. The standard InChI is InChI=1S/C12H18.C10H22O.C8H18.C6H13NO2S/c1-9(2)11-6-5-7-12(8-11)10(3)4;1-9(2)11-8-6-7-10(3,4)5;1-7(2,3)8(4,5)6;1-5(2)7-10(8,9)6-3-4-6/h5-10H,1-4H3;9H,6-8H2,1-5H3;1-6H3;5-7H,3-4H2,1-2H3. The summed E-state index contributed by atoms with van der Waals surface area (Å²) in [5.41, 5.74) is 4.22. The SMILES string of the molecule is CC(C)(C)C(C)(C)C.CC(C)NS(=O)(=O)C1CC1.CC(C)OCCCC(C)(C)C.CC(C)c1cccc(C(C)C)c1. The van der Waals surface area contributed by atoms with E-state index in [4.69, 9.17) is 4.74 Å². The van der Waals surface area contributed by atoms with Gasteiger partial charge in [0.05, 0.1) is 11.4 Å². The van der Waals surface area contributed by atoms with Crippen LogP contribution in [0.25, 0.3) is 0 Å². The maximum absolute atomic E-state index is 11.1. The summed E-state index contributed by atoms with van der Waals surface area (Å²) in [6, 6.07) is 8.91. The zero-order valence-corrected chi connectivity index (χ0v) is 31.2. The van der Waals surface area contributed by atoms with E-state index in [0.29, 0.717) is 34.2 Å². The van der Waals surface area contributed by atoms with Gasteiger partial charge in [-0.05, 0) is 92.6 Å². The molecule has 0 aromatic heterocycles. The fourth-order valence-corrected chi connectivity index (χ4v) is 4.61. The molecule has 0 bridgehead atoms. The molecule has 1 N–H and O–H groups in total. The topological polar surface area (TPSA) is 55.4 Å². The number of ether oxygens (including phenoxy) is 1. The second-order valence-electron chi connectivity index (χ2n) is 16.1. The maximum atomic E-state index is 11.1. The molecule has 0 amide bonds. The van der Waals surface area contributed by atoms with Gasteiger partial charge in [-0.2, -0.15) is 0 Å². The van der Waals surface area contributed by atoms with E-state index in [1.54, 1.807) is 0 Å². The predicted molar refractivity (Wildman–Crippen MR) is 184 cm³/mol. The minimum absolute atomic E-state index is 0.0330. The van der Waals surface area contributed by atoms with Gasteiger partial charge in [-0.15, -0.1) is 0 Å². The van der Waals surface area contributed by atoms with Crippen molar-refractivity contribution in [2.75, 3.05) is 6.61 Å². The smallest absolute Gasteiger partial charge is 0.214 e. The Kier molecular flexibility index (Phi) is 19.2. The number of sulfonamides is 1. The van der Waals surface area contributed by atoms with Crippen molar-refractivity contribution in [1.29, 1.82) is 0 Å². The number of benzene rings is 1. The molecule has 0 atom stereocenters. The monoisotopic (exact) mass is 598 g/mol. The van der Waals surface area contributed by atoms with Crippen molar-refractivity contribution in [1.82, 2.24) is 4.72 Å². The summed E-state index contributed by atoms with van der Waals surface area (Å²) in [5.74, 6) is 1.28. The molecule has 4 nitrogen and oxygen atoms in total. The zero-order valence-electron chi connectivity index (χ0n) is 30.4. The van der Waals surface area contributed by atoms with Crippen molar-refractivity contribution < 1.29 is 13.2 Å². The Labute approximate surface area is 258 Å². The molecular formula is C36H71NO3S. The summed E-state index contributed by atoms with van der Waals surface area (Å²) in [5, 5.41) is -0.0881. The molecule has 2 rings (SSSR count). The Morgan fingerprint density at radius 3 is 1.46 bits per heavy atom. The highest BCUT2D eigenvalue weighted by Gasteiger charge is 2.35. The van der Waals surface area contributed by atoms with Crippen LogP contribution in [0.2, 0.25) is 0 Å². The van der Waals surface area contributed by atoms with E-state index in [2.05, 4.69) is 133 Å². The molecule has 1 aliphatic rings. The van der Waals surface area contributed by atoms with Crippen LogP contribution in [0.5, 0.6) is 0 Å². The first kappa shape index (κ1) is 42.2. The Morgan fingerprint density at radius 1 is 0.780 bits per heavy atom. The van der Waals surface area contributed by atoms with E-state index in [1.165, 1.54) is 24.0 Å². The van der Waals surface area contributed by atoms with Gasteiger partial charge in [0.15, 0.2) is 0 Å². The molecule has 0 unspecified atom stereocenters. The van der Waals surface area contributed by atoms with E-state index >= 15 is 0 Å². The molecule has 0 heterocycles. The van der Waals surface area contributed by atoms with Crippen LogP contribution in [0, 0.1) is 16.2 Å². The molecule has 1 saturated carbocycles. The van der Waals surface area contributed by atoms with E-state index in [-0.39, 0.29) is 11.3 Å². The van der Waals surface area contributed by atoms with Crippen LogP contribution >= 0.6 is 0 Å².